The average Bonchev–Trinajstić information content (AvgIpc) is 2.93. The maximum Gasteiger partial charge on any atom is 0.165 e. The molecule has 18 heavy (non-hydrogen) atoms. The lowest BCUT2D eigenvalue weighted by Crippen LogP contribution is -2.08. The summed E-state index contributed by atoms with van der Waals surface area (Å²) in [5, 5.41) is 9.06. The summed E-state index contributed by atoms with van der Waals surface area (Å²) >= 11 is 0. The summed E-state index contributed by atoms with van der Waals surface area (Å²) in [5.74, 6) is -0.419. The number of rotatable bonds is 2. The highest BCUT2D eigenvalue weighted by atomic mass is 19.1. The van der Waals surface area contributed by atoms with E-state index in [1.165, 1.54) is 12.4 Å². The first-order valence-corrected chi connectivity index (χ1v) is 5.61. The number of imidazole rings is 1. The molecule has 1 aliphatic carbocycles. The zero-order valence-corrected chi connectivity index (χ0v) is 9.49. The molecule has 0 spiro atoms. The molecule has 2 atom stereocenters. The zero-order valence-electron chi connectivity index (χ0n) is 9.49. The lowest BCUT2D eigenvalue weighted by molar-refractivity contribution is 0.224. The van der Waals surface area contributed by atoms with E-state index in [-0.39, 0.29) is 18.5 Å². The average molecular weight is 249 g/mol. The van der Waals surface area contributed by atoms with Crippen molar-refractivity contribution < 1.29 is 9.50 Å². The number of allylic oxidation sites excluding steroid dienone is 1. The minimum absolute atomic E-state index is 0.192. The van der Waals surface area contributed by atoms with Crippen molar-refractivity contribution in [1.29, 1.82) is 0 Å². The molecule has 6 nitrogen and oxygen atoms in total. The van der Waals surface area contributed by atoms with Crippen LogP contribution in [0.5, 0.6) is 0 Å². The van der Waals surface area contributed by atoms with Gasteiger partial charge in [-0.2, -0.15) is 0 Å². The van der Waals surface area contributed by atoms with E-state index >= 15 is 0 Å². The first-order valence-electron chi connectivity index (χ1n) is 5.61. The normalized spacial score (nSPS) is 23.6. The van der Waals surface area contributed by atoms with Crippen LogP contribution in [0.1, 0.15) is 12.5 Å². The van der Waals surface area contributed by atoms with Crippen molar-refractivity contribution in [3.8, 4) is 0 Å². The van der Waals surface area contributed by atoms with Gasteiger partial charge in [-0.05, 0) is 12.5 Å². The fourth-order valence-corrected chi connectivity index (χ4v) is 2.26. The highest BCUT2D eigenvalue weighted by molar-refractivity contribution is 5.81. The van der Waals surface area contributed by atoms with Crippen LogP contribution in [0.3, 0.4) is 0 Å². The molecular formula is C11H12FN5O. The van der Waals surface area contributed by atoms with Crippen molar-refractivity contribution in [2.45, 2.75) is 12.5 Å². The van der Waals surface area contributed by atoms with Crippen LogP contribution in [0.2, 0.25) is 0 Å². The van der Waals surface area contributed by atoms with E-state index in [0.717, 1.165) is 0 Å². The molecule has 0 fully saturated rings. The van der Waals surface area contributed by atoms with Crippen LogP contribution in [0.25, 0.3) is 11.2 Å². The molecule has 0 bridgehead atoms. The summed E-state index contributed by atoms with van der Waals surface area (Å²) in [5.41, 5.74) is 6.78. The first-order chi connectivity index (χ1) is 8.70. The molecule has 0 aromatic carbocycles. The number of halogens is 1. The van der Waals surface area contributed by atoms with Gasteiger partial charge in [0.05, 0.1) is 19.0 Å². The Labute approximate surface area is 102 Å². The SMILES string of the molecule is Nc1ncnc2c1ncn2[C@H]1C=C(F)[C@@H](CO)C1. The number of aliphatic hydroxyl groups is 1. The summed E-state index contributed by atoms with van der Waals surface area (Å²) in [6, 6.07) is -0.193. The molecule has 2 aromatic heterocycles. The largest absolute Gasteiger partial charge is 0.396 e. The Morgan fingerprint density at radius 2 is 2.28 bits per heavy atom. The Hall–Kier alpha value is -2.02. The molecule has 0 unspecified atom stereocenters. The molecule has 0 aliphatic heterocycles. The number of hydrogen-bond acceptors (Lipinski definition) is 5. The third kappa shape index (κ3) is 1.55. The van der Waals surface area contributed by atoms with Gasteiger partial charge in [0.2, 0.25) is 0 Å². The standard InChI is InChI=1S/C11H12FN5O/c12-8-2-7(1-6(8)3-18)17-5-16-9-10(13)14-4-15-11(9)17/h2,4-7,18H,1,3H2,(H2,13,14,15)/t6-,7-/m1/s1. The van der Waals surface area contributed by atoms with Gasteiger partial charge in [0.25, 0.3) is 0 Å². The first kappa shape index (κ1) is 11.1. The van der Waals surface area contributed by atoms with Crippen LogP contribution >= 0.6 is 0 Å². The van der Waals surface area contributed by atoms with Gasteiger partial charge in [-0.15, -0.1) is 0 Å². The number of nitrogens with zero attached hydrogens (tertiary/aromatic N) is 4. The van der Waals surface area contributed by atoms with E-state index in [1.807, 2.05) is 0 Å². The van der Waals surface area contributed by atoms with Crippen LogP contribution in [0.4, 0.5) is 10.2 Å². The van der Waals surface area contributed by atoms with Crippen LogP contribution < -0.4 is 5.73 Å². The van der Waals surface area contributed by atoms with Crippen molar-refractivity contribution >= 4 is 17.0 Å². The van der Waals surface area contributed by atoms with E-state index in [4.69, 9.17) is 10.8 Å². The topological polar surface area (TPSA) is 89.9 Å². The van der Waals surface area contributed by atoms with Crippen molar-refractivity contribution in [3.05, 3.63) is 24.6 Å². The fraction of sp³-hybridized carbons (Fsp3) is 0.364. The molecule has 1 aliphatic rings. The highest BCUT2D eigenvalue weighted by Gasteiger charge is 2.28. The smallest absolute Gasteiger partial charge is 0.165 e. The monoisotopic (exact) mass is 249 g/mol. The quantitative estimate of drug-likeness (QED) is 0.822. The van der Waals surface area contributed by atoms with Crippen LogP contribution in [-0.4, -0.2) is 31.2 Å². The van der Waals surface area contributed by atoms with Crippen molar-refractivity contribution in [2.75, 3.05) is 12.3 Å². The molecular weight excluding hydrogens is 237 g/mol. The summed E-state index contributed by atoms with van der Waals surface area (Å²) in [7, 11) is 0. The van der Waals surface area contributed by atoms with Crippen LogP contribution in [0.15, 0.2) is 24.6 Å². The number of nitrogen functional groups attached to an aromatic ring is 1. The van der Waals surface area contributed by atoms with Gasteiger partial charge < -0.3 is 15.4 Å². The molecule has 2 heterocycles. The summed E-state index contributed by atoms with van der Waals surface area (Å²) in [6.07, 6.45) is 4.91. The van der Waals surface area contributed by atoms with E-state index in [2.05, 4.69) is 15.0 Å². The van der Waals surface area contributed by atoms with Gasteiger partial charge in [-0.1, -0.05) is 0 Å². The molecule has 94 valence electrons. The summed E-state index contributed by atoms with van der Waals surface area (Å²) < 4.78 is 15.3. The number of anilines is 1. The maximum atomic E-state index is 13.5. The van der Waals surface area contributed by atoms with Gasteiger partial charge in [0.15, 0.2) is 11.5 Å². The minimum Gasteiger partial charge on any atom is -0.396 e. The van der Waals surface area contributed by atoms with E-state index in [9.17, 15) is 4.39 Å². The molecule has 2 aromatic rings. The Morgan fingerprint density at radius 3 is 3.00 bits per heavy atom. The van der Waals surface area contributed by atoms with Crippen LogP contribution in [-0.2, 0) is 0 Å². The predicted octanol–water partition coefficient (Wildman–Crippen LogP) is 0.815. The van der Waals surface area contributed by atoms with E-state index < -0.39 is 5.92 Å². The van der Waals surface area contributed by atoms with Gasteiger partial charge >= 0.3 is 0 Å². The lowest BCUT2D eigenvalue weighted by Gasteiger charge is -2.11. The van der Waals surface area contributed by atoms with E-state index in [0.29, 0.717) is 23.4 Å². The van der Waals surface area contributed by atoms with Crippen LogP contribution in [0, 0.1) is 5.92 Å². The van der Waals surface area contributed by atoms with Gasteiger partial charge in [0, 0.05) is 5.92 Å². The second kappa shape index (κ2) is 4.02. The molecule has 0 amide bonds. The van der Waals surface area contributed by atoms with Crippen molar-refractivity contribution in [3.63, 3.8) is 0 Å². The number of fused-ring (bicyclic) bond motifs is 1. The minimum atomic E-state index is -0.438. The maximum absolute atomic E-state index is 13.5. The Kier molecular flexibility index (Phi) is 2.48. The van der Waals surface area contributed by atoms with Crippen molar-refractivity contribution in [1.82, 2.24) is 19.5 Å². The zero-order chi connectivity index (χ0) is 12.7. The molecule has 3 N–H and O–H groups in total. The number of nitrogens with two attached hydrogens (primary N) is 1. The third-order valence-electron chi connectivity index (χ3n) is 3.23. The number of aliphatic hydroxyl groups excluding tert-OH is 1. The molecule has 0 saturated carbocycles. The summed E-state index contributed by atoms with van der Waals surface area (Å²) in [6.45, 7) is -0.192. The second-order valence-electron chi connectivity index (χ2n) is 4.32. The van der Waals surface area contributed by atoms with Gasteiger partial charge in [-0.25, -0.2) is 19.3 Å². The van der Waals surface area contributed by atoms with Crippen molar-refractivity contribution in [2.24, 2.45) is 5.92 Å². The lowest BCUT2D eigenvalue weighted by atomic mass is 10.1. The Balaban J connectivity index is 2.04. The third-order valence-corrected chi connectivity index (χ3v) is 3.23. The number of hydrogen-bond donors (Lipinski definition) is 2. The molecule has 3 rings (SSSR count). The van der Waals surface area contributed by atoms with Gasteiger partial charge in [-0.3, -0.25) is 0 Å². The predicted molar refractivity (Wildman–Crippen MR) is 63.2 cm³/mol. The molecule has 0 saturated heterocycles. The second-order valence-corrected chi connectivity index (χ2v) is 4.32. The van der Waals surface area contributed by atoms with Gasteiger partial charge in [0.1, 0.15) is 17.7 Å². The summed E-state index contributed by atoms with van der Waals surface area (Å²) in [4.78, 5) is 12.1. The Bertz CT molecular complexity index is 623. The molecule has 7 heteroatoms. The highest BCUT2D eigenvalue weighted by Crippen LogP contribution is 2.35. The Morgan fingerprint density at radius 1 is 1.44 bits per heavy atom. The fourth-order valence-electron chi connectivity index (χ4n) is 2.26. The molecule has 0 radical (unpaired) electrons. The van der Waals surface area contributed by atoms with E-state index in [1.54, 1.807) is 10.9 Å². The number of aromatic nitrogens is 4.